The van der Waals surface area contributed by atoms with Crippen LogP contribution in [0.4, 0.5) is 0 Å². The second-order valence-corrected chi connectivity index (χ2v) is 2.94. The van der Waals surface area contributed by atoms with Crippen molar-refractivity contribution in [3.05, 3.63) is 27.9 Å². The van der Waals surface area contributed by atoms with Gasteiger partial charge in [0.25, 0.3) is 5.56 Å². The molecule has 1 aliphatic rings. The molecule has 12 heavy (non-hydrogen) atoms. The minimum Gasteiger partial charge on any atom is -0.313 e. The van der Waals surface area contributed by atoms with Crippen LogP contribution in [0.15, 0.2) is 11.1 Å². The van der Waals surface area contributed by atoms with E-state index in [1.165, 1.54) is 6.33 Å². The molecule has 2 heterocycles. The molecule has 0 atom stereocenters. The number of H-pyrrole nitrogens is 1. The van der Waals surface area contributed by atoms with E-state index in [9.17, 15) is 4.79 Å². The predicted octanol–water partition coefficient (Wildman–Crippen LogP) is -0.194. The highest BCUT2D eigenvalue weighted by molar-refractivity contribution is 5.17. The fourth-order valence-electron chi connectivity index (χ4n) is 1.47. The van der Waals surface area contributed by atoms with Gasteiger partial charge in [-0.05, 0) is 19.4 Å². The van der Waals surface area contributed by atoms with Gasteiger partial charge in [0.1, 0.15) is 0 Å². The third-order valence-corrected chi connectivity index (χ3v) is 2.11. The number of aromatic amines is 1. The Balaban J connectivity index is 2.49. The minimum atomic E-state index is 0.0173. The maximum Gasteiger partial charge on any atom is 0.254 e. The summed E-state index contributed by atoms with van der Waals surface area (Å²) < 4.78 is 0. The van der Waals surface area contributed by atoms with Gasteiger partial charge in [0.2, 0.25) is 0 Å². The van der Waals surface area contributed by atoms with Crippen LogP contribution in [-0.4, -0.2) is 16.5 Å². The molecule has 1 aromatic heterocycles. The predicted molar refractivity (Wildman–Crippen MR) is 44.9 cm³/mol. The standard InChI is InChI=1S/C8H11N3O/c12-8-6-2-1-3-9-4-7(6)10-5-11-8/h5,9H,1-4H2,(H,10,11,12). The number of nitrogens with one attached hydrogen (secondary N) is 2. The molecule has 0 fully saturated rings. The molecular weight excluding hydrogens is 154 g/mol. The van der Waals surface area contributed by atoms with Crippen molar-refractivity contribution in [2.45, 2.75) is 19.4 Å². The highest BCUT2D eigenvalue weighted by Gasteiger charge is 2.10. The summed E-state index contributed by atoms with van der Waals surface area (Å²) in [6.07, 6.45) is 3.32. The summed E-state index contributed by atoms with van der Waals surface area (Å²) in [6, 6.07) is 0. The van der Waals surface area contributed by atoms with E-state index in [4.69, 9.17) is 0 Å². The molecule has 4 heteroatoms. The van der Waals surface area contributed by atoms with Crippen LogP contribution in [0.25, 0.3) is 0 Å². The molecule has 0 radical (unpaired) electrons. The Morgan fingerprint density at radius 3 is 3.33 bits per heavy atom. The summed E-state index contributed by atoms with van der Waals surface area (Å²) >= 11 is 0. The second kappa shape index (κ2) is 3.06. The lowest BCUT2D eigenvalue weighted by Crippen LogP contribution is -2.17. The van der Waals surface area contributed by atoms with Crippen molar-refractivity contribution in [1.29, 1.82) is 0 Å². The largest absolute Gasteiger partial charge is 0.313 e. The van der Waals surface area contributed by atoms with Gasteiger partial charge in [-0.2, -0.15) is 0 Å². The highest BCUT2D eigenvalue weighted by Crippen LogP contribution is 2.05. The van der Waals surface area contributed by atoms with Crippen LogP contribution in [0.3, 0.4) is 0 Å². The fourth-order valence-corrected chi connectivity index (χ4v) is 1.47. The van der Waals surface area contributed by atoms with Crippen molar-refractivity contribution in [3.63, 3.8) is 0 Å². The van der Waals surface area contributed by atoms with Gasteiger partial charge in [-0.15, -0.1) is 0 Å². The zero-order chi connectivity index (χ0) is 8.39. The molecule has 0 unspecified atom stereocenters. The smallest absolute Gasteiger partial charge is 0.254 e. The first-order chi connectivity index (χ1) is 5.88. The first kappa shape index (κ1) is 7.49. The number of rotatable bonds is 0. The maximum absolute atomic E-state index is 11.3. The number of aromatic nitrogens is 2. The molecule has 0 bridgehead atoms. The monoisotopic (exact) mass is 165 g/mol. The van der Waals surface area contributed by atoms with Crippen LogP contribution in [0.1, 0.15) is 17.7 Å². The summed E-state index contributed by atoms with van der Waals surface area (Å²) in [7, 11) is 0. The number of hydrogen-bond donors (Lipinski definition) is 2. The first-order valence-corrected chi connectivity index (χ1v) is 4.14. The van der Waals surface area contributed by atoms with Crippen LogP contribution < -0.4 is 10.9 Å². The summed E-state index contributed by atoms with van der Waals surface area (Å²) in [4.78, 5) is 18.0. The lowest BCUT2D eigenvalue weighted by Gasteiger charge is -2.00. The molecule has 1 aliphatic heterocycles. The van der Waals surface area contributed by atoms with E-state index in [1.807, 2.05) is 0 Å². The Morgan fingerprint density at radius 1 is 1.50 bits per heavy atom. The lowest BCUT2D eigenvalue weighted by molar-refractivity contribution is 0.674. The SMILES string of the molecule is O=c1[nH]cnc2c1CCCNC2. The van der Waals surface area contributed by atoms with Gasteiger partial charge in [0, 0.05) is 12.1 Å². The average Bonchev–Trinajstić information content (AvgIpc) is 2.30. The summed E-state index contributed by atoms with van der Waals surface area (Å²) in [6.45, 7) is 1.69. The zero-order valence-electron chi connectivity index (χ0n) is 6.76. The molecule has 0 amide bonds. The molecule has 2 N–H and O–H groups in total. The van der Waals surface area contributed by atoms with Gasteiger partial charge in [0.15, 0.2) is 0 Å². The van der Waals surface area contributed by atoms with Crippen LogP contribution in [0, 0.1) is 0 Å². The van der Waals surface area contributed by atoms with Crippen molar-refractivity contribution in [2.24, 2.45) is 0 Å². The quantitative estimate of drug-likeness (QED) is 0.560. The van der Waals surface area contributed by atoms with Crippen LogP contribution in [0.2, 0.25) is 0 Å². The molecule has 0 saturated carbocycles. The summed E-state index contributed by atoms with van der Waals surface area (Å²) in [5.41, 5.74) is 1.77. The number of fused-ring (bicyclic) bond motifs is 1. The van der Waals surface area contributed by atoms with Crippen LogP contribution in [-0.2, 0) is 13.0 Å². The zero-order valence-corrected chi connectivity index (χ0v) is 6.76. The molecule has 64 valence electrons. The van der Waals surface area contributed by atoms with Crippen LogP contribution >= 0.6 is 0 Å². The molecule has 1 aromatic rings. The number of hydrogen-bond acceptors (Lipinski definition) is 3. The van der Waals surface area contributed by atoms with E-state index >= 15 is 0 Å². The molecule has 0 spiro atoms. The average molecular weight is 165 g/mol. The Hall–Kier alpha value is -1.16. The van der Waals surface area contributed by atoms with Gasteiger partial charge >= 0.3 is 0 Å². The van der Waals surface area contributed by atoms with Crippen molar-refractivity contribution in [3.8, 4) is 0 Å². The summed E-state index contributed by atoms with van der Waals surface area (Å²) in [5, 5.41) is 3.22. The summed E-state index contributed by atoms with van der Waals surface area (Å²) in [5.74, 6) is 0. The molecule has 0 aromatic carbocycles. The van der Waals surface area contributed by atoms with E-state index in [2.05, 4.69) is 15.3 Å². The van der Waals surface area contributed by atoms with Gasteiger partial charge < -0.3 is 10.3 Å². The van der Waals surface area contributed by atoms with E-state index in [1.54, 1.807) is 0 Å². The van der Waals surface area contributed by atoms with E-state index in [0.29, 0.717) is 0 Å². The van der Waals surface area contributed by atoms with Crippen LogP contribution in [0.5, 0.6) is 0 Å². The Morgan fingerprint density at radius 2 is 2.42 bits per heavy atom. The Labute approximate surface area is 70.0 Å². The molecule has 2 rings (SSSR count). The van der Waals surface area contributed by atoms with E-state index in [0.717, 1.165) is 37.2 Å². The van der Waals surface area contributed by atoms with Crippen molar-refractivity contribution in [2.75, 3.05) is 6.54 Å². The minimum absolute atomic E-state index is 0.0173. The first-order valence-electron chi connectivity index (χ1n) is 4.14. The van der Waals surface area contributed by atoms with Gasteiger partial charge in [-0.3, -0.25) is 4.79 Å². The Kier molecular flexibility index (Phi) is 1.91. The molecule has 0 saturated heterocycles. The fraction of sp³-hybridized carbons (Fsp3) is 0.500. The van der Waals surface area contributed by atoms with Crippen molar-refractivity contribution in [1.82, 2.24) is 15.3 Å². The van der Waals surface area contributed by atoms with Gasteiger partial charge in [-0.25, -0.2) is 4.98 Å². The van der Waals surface area contributed by atoms with Gasteiger partial charge in [0.05, 0.1) is 12.0 Å². The normalized spacial score (nSPS) is 16.7. The number of nitrogens with zero attached hydrogens (tertiary/aromatic N) is 1. The molecule has 4 nitrogen and oxygen atoms in total. The van der Waals surface area contributed by atoms with E-state index < -0.39 is 0 Å². The highest BCUT2D eigenvalue weighted by atomic mass is 16.1. The van der Waals surface area contributed by atoms with Crippen molar-refractivity contribution < 1.29 is 0 Å². The topological polar surface area (TPSA) is 57.8 Å². The molecule has 0 aliphatic carbocycles. The third-order valence-electron chi connectivity index (χ3n) is 2.11. The Bertz CT molecular complexity index is 331. The molecular formula is C8H11N3O. The van der Waals surface area contributed by atoms with Gasteiger partial charge in [-0.1, -0.05) is 0 Å². The third kappa shape index (κ3) is 1.25. The lowest BCUT2D eigenvalue weighted by atomic mass is 10.1. The van der Waals surface area contributed by atoms with E-state index in [-0.39, 0.29) is 5.56 Å². The second-order valence-electron chi connectivity index (χ2n) is 2.94. The van der Waals surface area contributed by atoms with Crippen molar-refractivity contribution >= 4 is 0 Å². The maximum atomic E-state index is 11.3.